The second-order valence-corrected chi connectivity index (χ2v) is 7.06. The van der Waals surface area contributed by atoms with Crippen LogP contribution in [0.5, 0.6) is 5.75 Å². The van der Waals surface area contributed by atoms with Gasteiger partial charge in [0.05, 0.1) is 0 Å². The van der Waals surface area contributed by atoms with Gasteiger partial charge in [-0.05, 0) is 49.6 Å². The van der Waals surface area contributed by atoms with Crippen LogP contribution in [0.25, 0.3) is 21.9 Å². The van der Waals surface area contributed by atoms with Gasteiger partial charge in [0, 0.05) is 40.7 Å². The molecule has 148 valence electrons. The van der Waals surface area contributed by atoms with E-state index < -0.39 is 5.63 Å². The average Bonchev–Trinajstić information content (AvgIpc) is 3.11. The molecule has 0 aliphatic rings. The molecule has 29 heavy (non-hydrogen) atoms. The number of ether oxygens (including phenoxy) is 1. The van der Waals surface area contributed by atoms with E-state index in [4.69, 9.17) is 9.15 Å². The number of amides is 1. The number of aromatic nitrogens is 1. The summed E-state index contributed by atoms with van der Waals surface area (Å²) in [6.45, 7) is 4.10. The lowest BCUT2D eigenvalue weighted by molar-refractivity contribution is -0.123. The smallest absolute Gasteiger partial charge is 0.336 e. The van der Waals surface area contributed by atoms with Crippen LogP contribution in [0.4, 0.5) is 0 Å². The molecule has 0 atom stereocenters. The van der Waals surface area contributed by atoms with Gasteiger partial charge in [0.2, 0.25) is 0 Å². The van der Waals surface area contributed by atoms with E-state index >= 15 is 0 Å². The van der Waals surface area contributed by atoms with Crippen LogP contribution in [-0.2, 0) is 11.2 Å². The molecule has 2 aromatic carbocycles. The van der Waals surface area contributed by atoms with Gasteiger partial charge in [0.1, 0.15) is 11.3 Å². The van der Waals surface area contributed by atoms with Gasteiger partial charge < -0.3 is 19.5 Å². The number of carbonyl (C=O) groups excluding carboxylic acids is 1. The third-order valence-electron chi connectivity index (χ3n) is 5.07. The molecule has 0 saturated carbocycles. The summed E-state index contributed by atoms with van der Waals surface area (Å²) in [5, 5.41) is 4.91. The SMILES string of the molecule is Cc1cc(=O)oc2c(C)c(OCC(=O)NCCc3c[nH]c4ccccc34)ccc12. The first-order chi connectivity index (χ1) is 14.0. The van der Waals surface area contributed by atoms with E-state index in [1.807, 2.05) is 44.3 Å². The maximum absolute atomic E-state index is 12.2. The fraction of sp³-hybridized carbons (Fsp3) is 0.217. The van der Waals surface area contributed by atoms with Crippen molar-refractivity contribution in [2.75, 3.05) is 13.2 Å². The number of hydrogen-bond acceptors (Lipinski definition) is 4. The van der Waals surface area contributed by atoms with Gasteiger partial charge in [0.15, 0.2) is 6.61 Å². The van der Waals surface area contributed by atoms with Gasteiger partial charge in [-0.3, -0.25) is 4.79 Å². The molecule has 1 amide bonds. The lowest BCUT2D eigenvalue weighted by Crippen LogP contribution is -2.30. The van der Waals surface area contributed by atoms with Crippen molar-refractivity contribution in [3.8, 4) is 5.75 Å². The lowest BCUT2D eigenvalue weighted by atomic mass is 10.1. The summed E-state index contributed by atoms with van der Waals surface area (Å²) >= 11 is 0. The summed E-state index contributed by atoms with van der Waals surface area (Å²) in [5.74, 6) is 0.327. The monoisotopic (exact) mass is 390 g/mol. The Bertz CT molecular complexity index is 1250. The van der Waals surface area contributed by atoms with E-state index in [1.165, 1.54) is 11.5 Å². The van der Waals surface area contributed by atoms with Crippen LogP contribution in [0.1, 0.15) is 16.7 Å². The molecule has 2 aromatic heterocycles. The van der Waals surface area contributed by atoms with E-state index in [-0.39, 0.29) is 12.5 Å². The maximum Gasteiger partial charge on any atom is 0.336 e. The van der Waals surface area contributed by atoms with E-state index in [0.717, 1.165) is 28.5 Å². The number of nitrogens with one attached hydrogen (secondary N) is 2. The fourth-order valence-electron chi connectivity index (χ4n) is 3.53. The molecular weight excluding hydrogens is 368 g/mol. The number of aromatic amines is 1. The van der Waals surface area contributed by atoms with Gasteiger partial charge in [-0.2, -0.15) is 0 Å². The Morgan fingerprint density at radius 3 is 2.83 bits per heavy atom. The first-order valence-electron chi connectivity index (χ1n) is 9.51. The summed E-state index contributed by atoms with van der Waals surface area (Å²) < 4.78 is 11.0. The number of H-pyrrole nitrogens is 1. The van der Waals surface area contributed by atoms with E-state index in [1.54, 1.807) is 6.07 Å². The summed E-state index contributed by atoms with van der Waals surface area (Å²) in [7, 11) is 0. The molecule has 4 aromatic rings. The Morgan fingerprint density at radius 2 is 1.97 bits per heavy atom. The third-order valence-corrected chi connectivity index (χ3v) is 5.07. The Kier molecular flexibility index (Phi) is 5.08. The van der Waals surface area contributed by atoms with Gasteiger partial charge >= 0.3 is 5.63 Å². The molecule has 0 unspecified atom stereocenters. The molecular formula is C23H22N2O4. The number of rotatable bonds is 6. The first kappa shape index (κ1) is 18.8. The molecule has 0 aliphatic heterocycles. The summed E-state index contributed by atoms with van der Waals surface area (Å²) in [5.41, 5.74) is 3.90. The molecule has 0 fully saturated rings. The highest BCUT2D eigenvalue weighted by molar-refractivity contribution is 5.85. The van der Waals surface area contributed by atoms with Crippen molar-refractivity contribution in [3.63, 3.8) is 0 Å². The normalized spacial score (nSPS) is 11.1. The van der Waals surface area contributed by atoms with Gasteiger partial charge in [-0.25, -0.2) is 4.79 Å². The lowest BCUT2D eigenvalue weighted by Gasteiger charge is -2.11. The van der Waals surface area contributed by atoms with E-state index in [2.05, 4.69) is 16.4 Å². The number of hydrogen-bond donors (Lipinski definition) is 2. The van der Waals surface area contributed by atoms with Crippen molar-refractivity contribution >= 4 is 27.8 Å². The summed E-state index contributed by atoms with van der Waals surface area (Å²) in [6.07, 6.45) is 2.71. The number of para-hydroxylation sites is 1. The molecule has 6 heteroatoms. The maximum atomic E-state index is 12.2. The molecule has 4 rings (SSSR count). The summed E-state index contributed by atoms with van der Waals surface area (Å²) in [4.78, 5) is 27.1. The second-order valence-electron chi connectivity index (χ2n) is 7.06. The van der Waals surface area contributed by atoms with Crippen molar-refractivity contribution in [2.24, 2.45) is 0 Å². The standard InChI is InChI=1S/C23H22N2O4/c1-14-11-22(27)29-23-15(2)20(8-7-17(14)23)28-13-21(26)24-10-9-16-12-25-19-6-4-3-5-18(16)19/h3-8,11-12,25H,9-10,13H2,1-2H3,(H,24,26). The van der Waals surface area contributed by atoms with Crippen molar-refractivity contribution in [1.29, 1.82) is 0 Å². The van der Waals surface area contributed by atoms with Crippen LogP contribution in [0, 0.1) is 13.8 Å². The summed E-state index contributed by atoms with van der Waals surface area (Å²) in [6, 6.07) is 13.2. The van der Waals surface area contributed by atoms with Crippen LogP contribution < -0.4 is 15.7 Å². The average molecular weight is 390 g/mol. The quantitative estimate of drug-likeness (QED) is 0.493. The number of benzene rings is 2. The topological polar surface area (TPSA) is 84.3 Å². The van der Waals surface area contributed by atoms with Crippen LogP contribution >= 0.6 is 0 Å². The van der Waals surface area contributed by atoms with Gasteiger partial charge in [-0.15, -0.1) is 0 Å². The molecule has 0 spiro atoms. The van der Waals surface area contributed by atoms with Crippen molar-refractivity contribution in [1.82, 2.24) is 10.3 Å². The number of fused-ring (bicyclic) bond motifs is 2. The Labute approximate surface area is 167 Å². The van der Waals surface area contributed by atoms with Gasteiger partial charge in [0.25, 0.3) is 5.91 Å². The van der Waals surface area contributed by atoms with Crippen molar-refractivity contribution < 1.29 is 13.9 Å². The predicted octanol–water partition coefficient (Wildman–Crippen LogP) is 3.63. The molecule has 2 N–H and O–H groups in total. The third kappa shape index (κ3) is 3.87. The molecule has 0 aliphatic carbocycles. The van der Waals surface area contributed by atoms with Crippen LogP contribution in [0.15, 0.2) is 57.9 Å². The highest BCUT2D eigenvalue weighted by atomic mass is 16.5. The predicted molar refractivity (Wildman–Crippen MR) is 112 cm³/mol. The second kappa shape index (κ2) is 7.83. The Morgan fingerprint density at radius 1 is 1.14 bits per heavy atom. The Hall–Kier alpha value is -3.54. The minimum Gasteiger partial charge on any atom is -0.483 e. The highest BCUT2D eigenvalue weighted by Crippen LogP contribution is 2.28. The number of carbonyl (C=O) groups is 1. The zero-order chi connectivity index (χ0) is 20.4. The largest absolute Gasteiger partial charge is 0.483 e. The number of aryl methyl sites for hydroxylation is 2. The van der Waals surface area contributed by atoms with Crippen LogP contribution in [-0.4, -0.2) is 24.0 Å². The van der Waals surface area contributed by atoms with Crippen molar-refractivity contribution in [2.45, 2.75) is 20.3 Å². The van der Waals surface area contributed by atoms with Crippen molar-refractivity contribution in [3.05, 3.63) is 75.8 Å². The van der Waals surface area contributed by atoms with Crippen LogP contribution in [0.2, 0.25) is 0 Å². The molecule has 0 radical (unpaired) electrons. The molecule has 0 saturated heterocycles. The van der Waals surface area contributed by atoms with E-state index in [9.17, 15) is 9.59 Å². The fourth-order valence-corrected chi connectivity index (χ4v) is 3.53. The molecule has 6 nitrogen and oxygen atoms in total. The Balaban J connectivity index is 1.36. The highest BCUT2D eigenvalue weighted by Gasteiger charge is 2.11. The minimum absolute atomic E-state index is 0.101. The zero-order valence-corrected chi connectivity index (χ0v) is 16.4. The first-order valence-corrected chi connectivity index (χ1v) is 9.51. The minimum atomic E-state index is -0.398. The van der Waals surface area contributed by atoms with Crippen LogP contribution in [0.3, 0.4) is 0 Å². The molecule has 2 heterocycles. The zero-order valence-electron chi connectivity index (χ0n) is 16.4. The van der Waals surface area contributed by atoms with E-state index in [0.29, 0.717) is 23.4 Å². The van der Waals surface area contributed by atoms with Gasteiger partial charge in [-0.1, -0.05) is 18.2 Å². The molecule has 0 bridgehead atoms.